The van der Waals surface area contributed by atoms with Crippen molar-refractivity contribution in [2.75, 3.05) is 18.9 Å². The minimum atomic E-state index is -4.45. The van der Waals surface area contributed by atoms with Crippen molar-refractivity contribution in [3.05, 3.63) is 65.7 Å². The van der Waals surface area contributed by atoms with E-state index in [2.05, 4.69) is 36.7 Å². The summed E-state index contributed by atoms with van der Waals surface area (Å²) in [6.07, 6.45) is -2.00. The van der Waals surface area contributed by atoms with Crippen LogP contribution >= 0.6 is 0 Å². The Hall–Kier alpha value is -2.56. The van der Waals surface area contributed by atoms with Crippen LogP contribution in [0, 0.1) is 17.3 Å². The molecule has 0 aromatic heterocycles. The quantitative estimate of drug-likeness (QED) is 0.367. The van der Waals surface area contributed by atoms with Crippen molar-refractivity contribution in [2.45, 2.75) is 76.3 Å². The molecule has 1 heterocycles. The van der Waals surface area contributed by atoms with Crippen molar-refractivity contribution in [1.29, 1.82) is 0 Å². The SMILES string of the molecule is CNc1cccc(CC(NCC(F)(F)F)C(=O)NC(Cc2ccccc2)B2O[C@@H]3C[C@@H]4C[C@@H](C4(C)C)[C@]3(C)O2)c1. The average molecular weight is 557 g/mol. The van der Waals surface area contributed by atoms with E-state index in [-0.39, 0.29) is 17.9 Å². The minimum absolute atomic E-state index is 0.0760. The van der Waals surface area contributed by atoms with E-state index in [0.29, 0.717) is 18.3 Å². The third-order valence-electron chi connectivity index (χ3n) is 9.44. The highest BCUT2D eigenvalue weighted by molar-refractivity contribution is 6.48. The number of hydrogen-bond donors (Lipinski definition) is 3. The first-order chi connectivity index (χ1) is 18.9. The first kappa shape index (κ1) is 29.0. The number of benzene rings is 2. The molecule has 0 spiro atoms. The summed E-state index contributed by atoms with van der Waals surface area (Å²) >= 11 is 0. The largest absolute Gasteiger partial charge is 0.482 e. The number of nitrogens with one attached hydrogen (secondary N) is 3. The average Bonchev–Trinajstić information content (AvgIpc) is 3.28. The molecule has 216 valence electrons. The Bertz CT molecular complexity index is 1200. The van der Waals surface area contributed by atoms with Gasteiger partial charge < -0.3 is 19.9 Å². The standard InChI is InChI=1S/C30H39BF3N3O3/c1-28(2)21-16-24(28)29(3)25(17-21)39-31(40-29)26(15-19-9-6-5-7-10-19)37-27(38)23(36-18-30(32,33)34)14-20-11-8-12-22(13-20)35-4/h5-13,21,23-26,35-36H,14-18H2,1-4H3,(H,37,38)/t21-,23?,24-,25+,26?,29-/m0/s1. The van der Waals surface area contributed by atoms with E-state index in [1.165, 1.54) is 0 Å². The molecule has 2 aromatic carbocycles. The second-order valence-electron chi connectivity index (χ2n) is 12.3. The van der Waals surface area contributed by atoms with Crippen LogP contribution in [0.3, 0.4) is 0 Å². The summed E-state index contributed by atoms with van der Waals surface area (Å²) in [7, 11) is 1.06. The van der Waals surface area contributed by atoms with E-state index >= 15 is 0 Å². The van der Waals surface area contributed by atoms with Crippen LogP contribution in [-0.2, 0) is 26.9 Å². The zero-order valence-electron chi connectivity index (χ0n) is 23.6. The van der Waals surface area contributed by atoms with Gasteiger partial charge in [-0.25, -0.2) is 0 Å². The summed E-state index contributed by atoms with van der Waals surface area (Å²) in [5.41, 5.74) is 2.24. The number of carbonyl (C=O) groups is 1. The molecule has 4 fully saturated rings. The van der Waals surface area contributed by atoms with Gasteiger partial charge in [0.05, 0.1) is 30.2 Å². The molecule has 3 saturated carbocycles. The molecule has 0 radical (unpaired) electrons. The molecule has 1 saturated heterocycles. The van der Waals surface area contributed by atoms with Crippen LogP contribution in [0.15, 0.2) is 54.6 Å². The molecule has 6 atom stereocenters. The fourth-order valence-corrected chi connectivity index (χ4v) is 7.02. The number of alkyl halides is 3. The van der Waals surface area contributed by atoms with E-state index in [4.69, 9.17) is 9.31 Å². The third-order valence-corrected chi connectivity index (χ3v) is 9.44. The Labute approximate surface area is 234 Å². The molecule has 6 rings (SSSR count). The minimum Gasteiger partial charge on any atom is -0.404 e. The summed E-state index contributed by atoms with van der Waals surface area (Å²) in [5.74, 6) is -0.166. The summed E-state index contributed by atoms with van der Waals surface area (Å²) in [6.45, 7) is 5.42. The van der Waals surface area contributed by atoms with Crippen LogP contribution in [0.4, 0.5) is 18.9 Å². The molecule has 3 aliphatic carbocycles. The molecule has 1 aliphatic heterocycles. The highest BCUT2D eigenvalue weighted by Crippen LogP contribution is 2.65. The molecule has 40 heavy (non-hydrogen) atoms. The lowest BCUT2D eigenvalue weighted by molar-refractivity contribution is -0.199. The molecule has 10 heteroatoms. The second kappa shape index (κ2) is 11.0. The van der Waals surface area contributed by atoms with Crippen LogP contribution < -0.4 is 16.0 Å². The number of amides is 1. The summed E-state index contributed by atoms with van der Waals surface area (Å²) in [5, 5.41) is 8.51. The van der Waals surface area contributed by atoms with Crippen molar-refractivity contribution < 1.29 is 27.3 Å². The maximum Gasteiger partial charge on any atom is 0.482 e. The van der Waals surface area contributed by atoms with Crippen molar-refractivity contribution in [2.24, 2.45) is 17.3 Å². The molecule has 3 N–H and O–H groups in total. The molecular formula is C30H39BF3N3O3. The maximum atomic E-state index is 13.7. The van der Waals surface area contributed by atoms with Crippen LogP contribution in [-0.4, -0.2) is 56.5 Å². The number of hydrogen-bond acceptors (Lipinski definition) is 5. The Morgan fingerprint density at radius 2 is 1.77 bits per heavy atom. The Morgan fingerprint density at radius 3 is 2.45 bits per heavy atom. The van der Waals surface area contributed by atoms with Gasteiger partial charge >= 0.3 is 13.3 Å². The van der Waals surface area contributed by atoms with Gasteiger partial charge in [0.25, 0.3) is 0 Å². The molecule has 6 nitrogen and oxygen atoms in total. The zero-order valence-corrected chi connectivity index (χ0v) is 23.6. The number of carbonyl (C=O) groups excluding carboxylic acids is 1. The van der Waals surface area contributed by atoms with Crippen LogP contribution in [0.2, 0.25) is 0 Å². The lowest BCUT2D eigenvalue weighted by Crippen LogP contribution is -2.65. The molecular weight excluding hydrogens is 518 g/mol. The first-order valence-electron chi connectivity index (χ1n) is 14.1. The normalized spacial score (nSPS) is 28.3. The molecule has 2 aromatic rings. The van der Waals surface area contributed by atoms with Gasteiger partial charge in [0.15, 0.2) is 0 Å². The predicted octanol–water partition coefficient (Wildman–Crippen LogP) is 4.79. The predicted molar refractivity (Wildman–Crippen MR) is 150 cm³/mol. The van der Waals surface area contributed by atoms with Gasteiger partial charge in [-0.3, -0.25) is 10.1 Å². The van der Waals surface area contributed by atoms with E-state index in [9.17, 15) is 18.0 Å². The first-order valence-corrected chi connectivity index (χ1v) is 14.1. The number of halogens is 3. The van der Waals surface area contributed by atoms with Crippen LogP contribution in [0.5, 0.6) is 0 Å². The van der Waals surface area contributed by atoms with Crippen molar-refractivity contribution >= 4 is 18.7 Å². The summed E-state index contributed by atoms with van der Waals surface area (Å²) < 4.78 is 52.8. The van der Waals surface area contributed by atoms with Gasteiger partial charge in [-0.15, -0.1) is 0 Å². The van der Waals surface area contributed by atoms with Crippen molar-refractivity contribution in [1.82, 2.24) is 10.6 Å². The smallest absolute Gasteiger partial charge is 0.404 e. The number of anilines is 1. The van der Waals surface area contributed by atoms with Crippen LogP contribution in [0.25, 0.3) is 0 Å². The Morgan fingerprint density at radius 1 is 1.05 bits per heavy atom. The molecule has 4 aliphatic rings. The lowest BCUT2D eigenvalue weighted by atomic mass is 9.43. The zero-order chi connectivity index (χ0) is 28.7. The third kappa shape index (κ3) is 5.90. The highest BCUT2D eigenvalue weighted by Gasteiger charge is 2.68. The molecule has 2 unspecified atom stereocenters. The maximum absolute atomic E-state index is 13.7. The van der Waals surface area contributed by atoms with Gasteiger partial charge in [-0.05, 0) is 73.1 Å². The molecule has 1 amide bonds. The fraction of sp³-hybridized carbons (Fsp3) is 0.567. The van der Waals surface area contributed by atoms with Gasteiger partial charge in [-0.2, -0.15) is 13.2 Å². The van der Waals surface area contributed by atoms with E-state index in [1.807, 2.05) is 48.5 Å². The van der Waals surface area contributed by atoms with Gasteiger partial charge in [0.2, 0.25) is 5.91 Å². The van der Waals surface area contributed by atoms with Crippen molar-refractivity contribution in [3.63, 3.8) is 0 Å². The van der Waals surface area contributed by atoms with Crippen molar-refractivity contribution in [3.8, 4) is 0 Å². The fourth-order valence-electron chi connectivity index (χ4n) is 7.02. The van der Waals surface area contributed by atoms with Crippen LogP contribution in [0.1, 0.15) is 44.7 Å². The Kier molecular flexibility index (Phi) is 7.98. The van der Waals surface area contributed by atoms with E-state index < -0.39 is 43.3 Å². The van der Waals surface area contributed by atoms with Gasteiger partial charge in [0.1, 0.15) is 0 Å². The Balaban J connectivity index is 1.37. The van der Waals surface area contributed by atoms with Gasteiger partial charge in [0, 0.05) is 12.7 Å². The second-order valence-corrected chi connectivity index (χ2v) is 12.3. The number of rotatable bonds is 10. The lowest BCUT2D eigenvalue weighted by Gasteiger charge is -2.64. The summed E-state index contributed by atoms with van der Waals surface area (Å²) in [6, 6.07) is 15.9. The monoisotopic (exact) mass is 557 g/mol. The topological polar surface area (TPSA) is 71.6 Å². The van der Waals surface area contributed by atoms with E-state index in [0.717, 1.165) is 29.7 Å². The van der Waals surface area contributed by atoms with E-state index in [1.54, 1.807) is 13.1 Å². The highest BCUT2D eigenvalue weighted by atomic mass is 19.4. The molecule has 2 bridgehead atoms. The van der Waals surface area contributed by atoms with Gasteiger partial charge in [-0.1, -0.05) is 56.3 Å². The summed E-state index contributed by atoms with van der Waals surface area (Å²) in [4.78, 5) is 13.7.